The molecule has 0 aromatic heterocycles. The van der Waals surface area contributed by atoms with E-state index in [-0.39, 0.29) is 11.7 Å². The number of hydrogen-bond donors (Lipinski definition) is 1. The summed E-state index contributed by atoms with van der Waals surface area (Å²) in [6, 6.07) is 15.2. The highest BCUT2D eigenvalue weighted by Gasteiger charge is 2.23. The van der Waals surface area contributed by atoms with Gasteiger partial charge in [-0.3, -0.25) is 10.2 Å². The quantitative estimate of drug-likeness (QED) is 0.359. The first kappa shape index (κ1) is 21.5. The fraction of sp³-hybridized carbons (Fsp3) is 0.167. The number of carbonyl (C=O) groups excluding carboxylic acids is 1. The van der Waals surface area contributed by atoms with Crippen molar-refractivity contribution in [2.45, 2.75) is 22.6 Å². The smallest absolute Gasteiger partial charge is 0.265 e. The Balaban J connectivity index is 1.61. The molecule has 1 amide bonds. The van der Waals surface area contributed by atoms with Crippen LogP contribution in [-0.4, -0.2) is 29.7 Å². The number of fused-ring (bicyclic) bond motifs is 2. The van der Waals surface area contributed by atoms with Crippen LogP contribution >= 0.6 is 35.0 Å². The van der Waals surface area contributed by atoms with Crippen molar-refractivity contribution < 1.29 is 9.18 Å². The van der Waals surface area contributed by atoms with Crippen molar-refractivity contribution >= 4 is 52.3 Å². The summed E-state index contributed by atoms with van der Waals surface area (Å²) in [7, 11) is 0. The Morgan fingerprint density at radius 2 is 1.75 bits per heavy atom. The summed E-state index contributed by atoms with van der Waals surface area (Å²) in [6.45, 7) is 1.70. The predicted octanol–water partition coefficient (Wildman–Crippen LogP) is 6.51. The van der Waals surface area contributed by atoms with E-state index in [1.807, 2.05) is 11.1 Å². The monoisotopic (exact) mass is 485 g/mol. The molecule has 8 heteroatoms. The number of carbonyl (C=O) groups is 1. The molecule has 1 saturated heterocycles. The minimum Gasteiger partial charge on any atom is -0.285 e. The summed E-state index contributed by atoms with van der Waals surface area (Å²) in [5.74, 6) is -0.503. The molecule has 0 aliphatic carbocycles. The Hall–Kier alpha value is -2.38. The van der Waals surface area contributed by atoms with Crippen molar-refractivity contribution in [1.29, 1.82) is 0 Å². The molecule has 162 valence electrons. The van der Waals surface area contributed by atoms with E-state index in [9.17, 15) is 9.18 Å². The molecule has 3 aromatic rings. The van der Waals surface area contributed by atoms with Gasteiger partial charge in [0.15, 0.2) is 0 Å². The molecule has 1 fully saturated rings. The normalized spacial score (nSPS) is 15.5. The van der Waals surface area contributed by atoms with Crippen LogP contribution in [0.2, 0.25) is 10.0 Å². The van der Waals surface area contributed by atoms with Gasteiger partial charge < -0.3 is 0 Å². The highest BCUT2D eigenvalue weighted by molar-refractivity contribution is 7.99. The molecule has 1 N–H and O–H groups in total. The second kappa shape index (κ2) is 8.87. The summed E-state index contributed by atoms with van der Waals surface area (Å²) < 4.78 is 14.1. The van der Waals surface area contributed by atoms with Crippen molar-refractivity contribution in [2.75, 3.05) is 13.1 Å². The van der Waals surface area contributed by atoms with Crippen LogP contribution in [0, 0.1) is 5.82 Å². The molecule has 0 spiro atoms. The summed E-state index contributed by atoms with van der Waals surface area (Å²) in [5, 5.41) is 2.90. The fourth-order valence-corrected chi connectivity index (χ4v) is 5.36. The standard InChI is InChI=1S/C24H18Cl2FN3OS/c25-15-4-6-17(19(26)12-15)23-18-7-5-16(27)13-22(18)32-21-8-3-14(11-20(21)28-23)24(31)29-30-9-1-2-10-30/h3-8,11-13H,1-2,9-10H2,(H,29,31). The first-order chi connectivity index (χ1) is 15.5. The summed E-state index contributed by atoms with van der Waals surface area (Å²) in [6.07, 6.45) is 2.15. The van der Waals surface area contributed by atoms with Crippen LogP contribution < -0.4 is 5.43 Å². The maximum Gasteiger partial charge on any atom is 0.265 e. The molecule has 3 aromatic carbocycles. The zero-order chi connectivity index (χ0) is 22.2. The fourth-order valence-electron chi connectivity index (χ4n) is 3.83. The van der Waals surface area contributed by atoms with E-state index in [0.29, 0.717) is 32.6 Å². The molecule has 0 radical (unpaired) electrons. The Labute approximate surface area is 199 Å². The van der Waals surface area contributed by atoms with Crippen molar-refractivity contribution in [3.05, 3.63) is 87.2 Å². The van der Waals surface area contributed by atoms with Crippen molar-refractivity contribution in [3.63, 3.8) is 0 Å². The van der Waals surface area contributed by atoms with Crippen LogP contribution in [0.4, 0.5) is 10.1 Å². The SMILES string of the molecule is O=C(NN1CCCC1)c1ccc2c(c1)N=C(c1ccc(Cl)cc1Cl)c1ccc(F)cc1S2. The van der Waals surface area contributed by atoms with Crippen LogP contribution in [0.3, 0.4) is 0 Å². The molecule has 0 atom stereocenters. The van der Waals surface area contributed by atoms with Gasteiger partial charge >= 0.3 is 0 Å². The first-order valence-corrected chi connectivity index (χ1v) is 11.8. The molecular formula is C24H18Cl2FN3OS. The number of rotatable bonds is 3. The largest absolute Gasteiger partial charge is 0.285 e. The lowest BCUT2D eigenvalue weighted by Crippen LogP contribution is -2.39. The van der Waals surface area contributed by atoms with E-state index < -0.39 is 0 Å². The minimum atomic E-state index is -0.331. The van der Waals surface area contributed by atoms with E-state index in [2.05, 4.69) is 5.43 Å². The topological polar surface area (TPSA) is 44.7 Å². The van der Waals surface area contributed by atoms with Gasteiger partial charge in [0.05, 0.1) is 16.4 Å². The zero-order valence-corrected chi connectivity index (χ0v) is 19.2. The van der Waals surface area contributed by atoms with E-state index in [1.165, 1.54) is 23.9 Å². The Morgan fingerprint density at radius 3 is 2.53 bits per heavy atom. The van der Waals surface area contributed by atoms with Crippen LogP contribution in [0.15, 0.2) is 69.4 Å². The van der Waals surface area contributed by atoms with Gasteiger partial charge in [-0.1, -0.05) is 35.0 Å². The van der Waals surface area contributed by atoms with E-state index in [1.54, 1.807) is 36.4 Å². The van der Waals surface area contributed by atoms with Gasteiger partial charge in [-0.15, -0.1) is 0 Å². The van der Waals surface area contributed by atoms with Gasteiger partial charge in [0, 0.05) is 44.6 Å². The number of halogens is 3. The lowest BCUT2D eigenvalue weighted by atomic mass is 10.0. The summed E-state index contributed by atoms with van der Waals surface area (Å²) in [4.78, 5) is 19.2. The molecule has 0 saturated carbocycles. The third kappa shape index (κ3) is 4.28. The van der Waals surface area contributed by atoms with Gasteiger partial charge in [0.1, 0.15) is 5.82 Å². The molecule has 32 heavy (non-hydrogen) atoms. The highest BCUT2D eigenvalue weighted by atomic mass is 35.5. The van der Waals surface area contributed by atoms with Crippen molar-refractivity contribution in [3.8, 4) is 0 Å². The molecule has 0 unspecified atom stereocenters. The van der Waals surface area contributed by atoms with Crippen LogP contribution in [-0.2, 0) is 0 Å². The van der Waals surface area contributed by atoms with Gasteiger partial charge in [-0.2, -0.15) is 0 Å². The number of hydrazine groups is 1. The molecule has 2 aliphatic heterocycles. The second-order valence-electron chi connectivity index (χ2n) is 7.64. The summed E-state index contributed by atoms with van der Waals surface area (Å²) in [5.41, 5.74) is 6.14. The molecule has 0 bridgehead atoms. The maximum absolute atomic E-state index is 14.1. The van der Waals surface area contributed by atoms with Crippen LogP contribution in [0.5, 0.6) is 0 Å². The number of aliphatic imine (C=N–C) groups is 1. The molecule has 4 nitrogen and oxygen atoms in total. The Bertz CT molecular complexity index is 1260. The van der Waals surface area contributed by atoms with E-state index in [4.69, 9.17) is 28.2 Å². The summed E-state index contributed by atoms with van der Waals surface area (Å²) >= 11 is 14.0. The number of hydrogen-bond acceptors (Lipinski definition) is 4. The van der Waals surface area contributed by atoms with Crippen molar-refractivity contribution in [1.82, 2.24) is 10.4 Å². The molecular weight excluding hydrogens is 468 g/mol. The number of nitrogens with zero attached hydrogens (tertiary/aromatic N) is 2. The van der Waals surface area contributed by atoms with Crippen LogP contribution in [0.1, 0.15) is 34.3 Å². The third-order valence-corrected chi connectivity index (χ3v) is 7.09. The van der Waals surface area contributed by atoms with E-state index >= 15 is 0 Å². The van der Waals surface area contributed by atoms with Gasteiger partial charge in [-0.05, 0) is 67.4 Å². The lowest BCUT2D eigenvalue weighted by molar-refractivity contribution is 0.0826. The lowest BCUT2D eigenvalue weighted by Gasteiger charge is -2.16. The average molecular weight is 486 g/mol. The average Bonchev–Trinajstić information content (AvgIpc) is 3.21. The number of amides is 1. The second-order valence-corrected chi connectivity index (χ2v) is 9.57. The predicted molar refractivity (Wildman–Crippen MR) is 127 cm³/mol. The zero-order valence-electron chi connectivity index (χ0n) is 16.9. The van der Waals surface area contributed by atoms with Crippen molar-refractivity contribution in [2.24, 2.45) is 4.99 Å². The van der Waals surface area contributed by atoms with E-state index in [0.717, 1.165) is 41.3 Å². The first-order valence-electron chi connectivity index (χ1n) is 10.2. The Kier molecular flexibility index (Phi) is 5.95. The van der Waals surface area contributed by atoms with Gasteiger partial charge in [0.25, 0.3) is 5.91 Å². The number of nitrogens with one attached hydrogen (secondary N) is 1. The molecule has 2 aliphatic rings. The molecule has 2 heterocycles. The third-order valence-electron chi connectivity index (χ3n) is 5.42. The number of benzene rings is 3. The minimum absolute atomic E-state index is 0.172. The van der Waals surface area contributed by atoms with Gasteiger partial charge in [-0.25, -0.2) is 14.4 Å². The highest BCUT2D eigenvalue weighted by Crippen LogP contribution is 2.42. The maximum atomic E-state index is 14.1. The van der Waals surface area contributed by atoms with Crippen LogP contribution in [0.25, 0.3) is 0 Å². The molecule has 5 rings (SSSR count). The van der Waals surface area contributed by atoms with Gasteiger partial charge in [0.2, 0.25) is 0 Å². The Morgan fingerprint density at radius 1 is 0.969 bits per heavy atom.